The minimum absolute atomic E-state index is 0.147. The SMILES string of the molecule is NC(=O)c1c(NC(=O)COC(=O)c2cnn3c(-c4ccccc4)ccnc23)sc2c1CCC2. The summed E-state index contributed by atoms with van der Waals surface area (Å²) in [7, 11) is 0. The maximum atomic E-state index is 12.6. The Morgan fingerprint density at radius 1 is 1.15 bits per heavy atom. The average molecular weight is 462 g/mol. The van der Waals surface area contributed by atoms with E-state index in [1.54, 1.807) is 16.8 Å². The lowest BCUT2D eigenvalue weighted by Gasteiger charge is -2.07. The molecule has 3 N–H and O–H groups in total. The molecule has 0 bridgehead atoms. The molecule has 166 valence electrons. The highest BCUT2D eigenvalue weighted by atomic mass is 32.1. The number of fused-ring (bicyclic) bond motifs is 2. The van der Waals surface area contributed by atoms with E-state index in [4.69, 9.17) is 10.5 Å². The molecular weight excluding hydrogens is 442 g/mol. The number of esters is 1. The van der Waals surface area contributed by atoms with Crippen molar-refractivity contribution in [3.8, 4) is 11.3 Å². The van der Waals surface area contributed by atoms with Crippen molar-refractivity contribution in [2.45, 2.75) is 19.3 Å². The van der Waals surface area contributed by atoms with Crippen molar-refractivity contribution in [3.63, 3.8) is 0 Å². The number of amides is 2. The van der Waals surface area contributed by atoms with Gasteiger partial charge in [-0.15, -0.1) is 11.3 Å². The van der Waals surface area contributed by atoms with Crippen molar-refractivity contribution in [2.75, 3.05) is 11.9 Å². The van der Waals surface area contributed by atoms with E-state index >= 15 is 0 Å². The number of carbonyl (C=O) groups is 3. The summed E-state index contributed by atoms with van der Waals surface area (Å²) in [5, 5.41) is 7.33. The molecule has 2 amide bonds. The van der Waals surface area contributed by atoms with Crippen LogP contribution in [0.1, 0.15) is 37.6 Å². The number of aromatic nitrogens is 3. The first kappa shape index (κ1) is 20.8. The third-order valence-electron chi connectivity index (χ3n) is 5.45. The second-order valence-electron chi connectivity index (χ2n) is 7.54. The topological polar surface area (TPSA) is 129 Å². The van der Waals surface area contributed by atoms with E-state index < -0.39 is 24.4 Å². The summed E-state index contributed by atoms with van der Waals surface area (Å²) < 4.78 is 6.75. The molecule has 0 atom stereocenters. The molecule has 0 spiro atoms. The molecular formula is C23H19N5O4S. The Bertz CT molecular complexity index is 1390. The normalized spacial score (nSPS) is 12.5. The molecule has 9 nitrogen and oxygen atoms in total. The Labute approximate surface area is 192 Å². The first-order chi connectivity index (χ1) is 16.0. The Kier molecular flexibility index (Phi) is 5.35. The van der Waals surface area contributed by atoms with Gasteiger partial charge in [0.15, 0.2) is 12.3 Å². The lowest BCUT2D eigenvalue weighted by atomic mass is 10.1. The second kappa shape index (κ2) is 8.47. The van der Waals surface area contributed by atoms with Crippen molar-refractivity contribution < 1.29 is 19.1 Å². The van der Waals surface area contributed by atoms with E-state index in [2.05, 4.69) is 15.4 Å². The monoisotopic (exact) mass is 461 g/mol. The van der Waals surface area contributed by atoms with Gasteiger partial charge in [-0.3, -0.25) is 9.59 Å². The van der Waals surface area contributed by atoms with E-state index in [0.717, 1.165) is 41.0 Å². The van der Waals surface area contributed by atoms with Gasteiger partial charge in [-0.25, -0.2) is 14.3 Å². The molecule has 1 aromatic carbocycles. The molecule has 1 aliphatic rings. The Morgan fingerprint density at radius 3 is 2.76 bits per heavy atom. The molecule has 0 aliphatic heterocycles. The van der Waals surface area contributed by atoms with Gasteiger partial charge >= 0.3 is 5.97 Å². The summed E-state index contributed by atoms with van der Waals surface area (Å²) in [5.74, 6) is -1.85. The predicted octanol–water partition coefficient (Wildman–Crippen LogP) is 2.84. The van der Waals surface area contributed by atoms with Crippen LogP contribution in [0.4, 0.5) is 5.00 Å². The molecule has 4 aromatic rings. The number of thiophene rings is 1. The van der Waals surface area contributed by atoms with Gasteiger partial charge < -0.3 is 15.8 Å². The fraction of sp³-hybridized carbons (Fsp3) is 0.174. The number of ether oxygens (including phenoxy) is 1. The first-order valence-electron chi connectivity index (χ1n) is 10.3. The highest BCUT2D eigenvalue weighted by molar-refractivity contribution is 7.17. The second-order valence-corrected chi connectivity index (χ2v) is 8.64. The van der Waals surface area contributed by atoms with Gasteiger partial charge in [0.2, 0.25) is 0 Å². The third kappa shape index (κ3) is 3.85. The van der Waals surface area contributed by atoms with Gasteiger partial charge in [-0.2, -0.15) is 5.10 Å². The summed E-state index contributed by atoms with van der Waals surface area (Å²) in [6, 6.07) is 11.4. The van der Waals surface area contributed by atoms with E-state index in [9.17, 15) is 14.4 Å². The predicted molar refractivity (Wildman–Crippen MR) is 122 cm³/mol. The van der Waals surface area contributed by atoms with Gasteiger partial charge in [0.25, 0.3) is 11.8 Å². The highest BCUT2D eigenvalue weighted by Gasteiger charge is 2.26. The zero-order valence-electron chi connectivity index (χ0n) is 17.4. The van der Waals surface area contributed by atoms with E-state index in [1.165, 1.54) is 17.5 Å². The minimum Gasteiger partial charge on any atom is -0.452 e. The van der Waals surface area contributed by atoms with Crippen molar-refractivity contribution in [2.24, 2.45) is 5.73 Å². The molecule has 0 saturated carbocycles. The standard InChI is InChI=1S/C23H19N5O4S/c24-20(30)19-14-7-4-8-17(14)33-22(19)27-18(29)12-32-23(31)15-11-26-28-16(9-10-25-21(15)28)13-5-2-1-3-6-13/h1-3,5-6,9-11H,4,7-8,12H2,(H2,24,30)(H,27,29). The third-order valence-corrected chi connectivity index (χ3v) is 6.65. The van der Waals surface area contributed by atoms with Gasteiger partial charge in [0, 0.05) is 16.6 Å². The first-order valence-corrected chi connectivity index (χ1v) is 11.1. The lowest BCUT2D eigenvalue weighted by molar-refractivity contribution is -0.119. The Morgan fingerprint density at radius 2 is 1.97 bits per heavy atom. The number of hydrogen-bond donors (Lipinski definition) is 2. The highest BCUT2D eigenvalue weighted by Crippen LogP contribution is 2.38. The zero-order chi connectivity index (χ0) is 22.9. The van der Waals surface area contributed by atoms with Crippen LogP contribution in [0.3, 0.4) is 0 Å². The number of anilines is 1. The molecule has 3 heterocycles. The molecule has 33 heavy (non-hydrogen) atoms. The van der Waals surface area contributed by atoms with Gasteiger partial charge in [0.1, 0.15) is 10.6 Å². The van der Waals surface area contributed by atoms with Crippen LogP contribution < -0.4 is 11.1 Å². The summed E-state index contributed by atoms with van der Waals surface area (Å²) in [4.78, 5) is 42.3. The van der Waals surface area contributed by atoms with Crippen LogP contribution in [-0.2, 0) is 22.4 Å². The molecule has 0 fully saturated rings. The Hall–Kier alpha value is -4.05. The molecule has 1 aliphatic carbocycles. The minimum atomic E-state index is -0.721. The zero-order valence-corrected chi connectivity index (χ0v) is 18.2. The van der Waals surface area contributed by atoms with Gasteiger partial charge in [-0.1, -0.05) is 30.3 Å². The smallest absolute Gasteiger partial charge is 0.344 e. The van der Waals surface area contributed by atoms with Crippen molar-refractivity contribution in [1.29, 1.82) is 0 Å². The molecule has 5 rings (SSSR count). The van der Waals surface area contributed by atoms with Crippen LogP contribution in [0.2, 0.25) is 0 Å². The van der Waals surface area contributed by atoms with Crippen LogP contribution in [0.5, 0.6) is 0 Å². The van der Waals surface area contributed by atoms with Crippen molar-refractivity contribution in [3.05, 3.63) is 70.4 Å². The number of nitrogens with one attached hydrogen (secondary N) is 1. The molecule has 0 unspecified atom stereocenters. The summed E-state index contributed by atoms with van der Waals surface area (Å²) in [6.07, 6.45) is 5.54. The summed E-state index contributed by atoms with van der Waals surface area (Å²) in [6.45, 7) is -0.519. The van der Waals surface area contributed by atoms with Crippen LogP contribution in [-0.4, -0.2) is 39.0 Å². The van der Waals surface area contributed by atoms with Crippen molar-refractivity contribution in [1.82, 2.24) is 14.6 Å². The van der Waals surface area contributed by atoms with E-state index in [1.807, 2.05) is 30.3 Å². The van der Waals surface area contributed by atoms with Crippen LogP contribution >= 0.6 is 11.3 Å². The number of nitrogens with zero attached hydrogens (tertiary/aromatic N) is 3. The van der Waals surface area contributed by atoms with Crippen LogP contribution in [0, 0.1) is 0 Å². The quantitative estimate of drug-likeness (QED) is 0.425. The summed E-state index contributed by atoms with van der Waals surface area (Å²) in [5.41, 5.74) is 8.93. The largest absolute Gasteiger partial charge is 0.452 e. The lowest BCUT2D eigenvalue weighted by Crippen LogP contribution is -2.22. The fourth-order valence-electron chi connectivity index (χ4n) is 3.99. The number of hydrogen-bond acceptors (Lipinski definition) is 7. The fourth-order valence-corrected chi connectivity index (χ4v) is 5.30. The number of nitrogens with two attached hydrogens (primary N) is 1. The molecule has 3 aromatic heterocycles. The van der Waals surface area contributed by atoms with Crippen molar-refractivity contribution >= 4 is 39.8 Å². The van der Waals surface area contributed by atoms with E-state index in [-0.39, 0.29) is 5.56 Å². The van der Waals surface area contributed by atoms with Gasteiger partial charge in [-0.05, 0) is 30.9 Å². The maximum absolute atomic E-state index is 12.6. The number of carbonyl (C=O) groups excluding carboxylic acids is 3. The molecule has 10 heteroatoms. The van der Waals surface area contributed by atoms with Gasteiger partial charge in [0.05, 0.1) is 17.5 Å². The maximum Gasteiger partial charge on any atom is 0.344 e. The number of rotatable bonds is 6. The Balaban J connectivity index is 1.30. The number of benzene rings is 1. The average Bonchev–Trinajstić information content (AvgIpc) is 3.52. The molecule has 0 radical (unpaired) electrons. The molecule has 0 saturated heterocycles. The van der Waals surface area contributed by atoms with Crippen LogP contribution in [0.25, 0.3) is 16.9 Å². The number of primary amides is 1. The number of aryl methyl sites for hydroxylation is 1. The van der Waals surface area contributed by atoms with Crippen LogP contribution in [0.15, 0.2) is 48.8 Å². The summed E-state index contributed by atoms with van der Waals surface area (Å²) >= 11 is 1.34. The van der Waals surface area contributed by atoms with E-state index in [0.29, 0.717) is 16.2 Å².